The standard InChI is InChI=1S/C19H26N4O3/c1-19(2,3)26-18(24)21-13-6-5-11-23(12-13)15-9-10-20-14-7-8-16(25-4)22-17(14)15/h7-10,13H,5-6,11-12H2,1-4H3,(H,21,24). The second-order valence-electron chi connectivity index (χ2n) is 7.48. The molecule has 0 aromatic carbocycles. The van der Waals surface area contributed by atoms with Gasteiger partial charge in [-0.25, -0.2) is 9.78 Å². The largest absolute Gasteiger partial charge is 0.481 e. The Hall–Kier alpha value is -2.57. The average molecular weight is 358 g/mol. The number of nitrogens with one attached hydrogen (secondary N) is 1. The predicted octanol–water partition coefficient (Wildman–Crippen LogP) is 3.13. The highest BCUT2D eigenvalue weighted by atomic mass is 16.6. The van der Waals surface area contributed by atoms with Gasteiger partial charge in [0.05, 0.1) is 18.3 Å². The maximum absolute atomic E-state index is 12.1. The fourth-order valence-corrected chi connectivity index (χ4v) is 3.15. The van der Waals surface area contributed by atoms with Gasteiger partial charge in [0.15, 0.2) is 0 Å². The van der Waals surface area contributed by atoms with Crippen LogP contribution in [0.2, 0.25) is 0 Å². The predicted molar refractivity (Wildman–Crippen MR) is 101 cm³/mol. The van der Waals surface area contributed by atoms with Gasteiger partial charge in [-0.05, 0) is 45.7 Å². The van der Waals surface area contributed by atoms with Crippen LogP contribution < -0.4 is 15.0 Å². The highest BCUT2D eigenvalue weighted by Crippen LogP contribution is 2.28. The Labute approximate surface area is 153 Å². The Balaban J connectivity index is 1.77. The van der Waals surface area contributed by atoms with Gasteiger partial charge in [-0.3, -0.25) is 4.98 Å². The van der Waals surface area contributed by atoms with Crippen LogP contribution in [0.5, 0.6) is 5.88 Å². The number of piperidine rings is 1. The second kappa shape index (κ2) is 7.35. The molecule has 7 nitrogen and oxygen atoms in total. The number of rotatable bonds is 3. The lowest BCUT2D eigenvalue weighted by atomic mass is 10.0. The minimum atomic E-state index is -0.500. The molecule has 1 atom stereocenters. The first-order valence-electron chi connectivity index (χ1n) is 8.90. The van der Waals surface area contributed by atoms with E-state index in [0.29, 0.717) is 12.4 Å². The van der Waals surface area contributed by atoms with Crippen molar-refractivity contribution in [1.82, 2.24) is 15.3 Å². The first-order chi connectivity index (χ1) is 12.4. The van der Waals surface area contributed by atoms with Crippen LogP contribution in [-0.4, -0.2) is 47.9 Å². The molecule has 2 aromatic rings. The van der Waals surface area contributed by atoms with Gasteiger partial charge in [-0.15, -0.1) is 0 Å². The number of nitrogens with zero attached hydrogens (tertiary/aromatic N) is 3. The smallest absolute Gasteiger partial charge is 0.407 e. The normalized spacial score (nSPS) is 17.8. The molecular formula is C19H26N4O3. The van der Waals surface area contributed by atoms with Gasteiger partial charge >= 0.3 is 6.09 Å². The summed E-state index contributed by atoms with van der Waals surface area (Å²) in [6.07, 6.45) is 3.32. The Morgan fingerprint density at radius 3 is 2.85 bits per heavy atom. The third kappa shape index (κ3) is 4.33. The molecular weight excluding hydrogens is 332 g/mol. The van der Waals surface area contributed by atoms with Gasteiger partial charge in [0.25, 0.3) is 0 Å². The van der Waals surface area contributed by atoms with Crippen molar-refractivity contribution >= 4 is 22.8 Å². The van der Waals surface area contributed by atoms with Crippen molar-refractivity contribution < 1.29 is 14.3 Å². The van der Waals surface area contributed by atoms with E-state index in [1.807, 2.05) is 39.0 Å². The summed E-state index contributed by atoms with van der Waals surface area (Å²) < 4.78 is 10.6. The van der Waals surface area contributed by atoms with Crippen LogP contribution in [0.1, 0.15) is 33.6 Å². The Morgan fingerprint density at radius 1 is 1.31 bits per heavy atom. The third-order valence-electron chi connectivity index (χ3n) is 4.23. The van der Waals surface area contributed by atoms with Gasteiger partial charge in [0.2, 0.25) is 5.88 Å². The van der Waals surface area contributed by atoms with Crippen molar-refractivity contribution in [2.75, 3.05) is 25.1 Å². The molecule has 0 bridgehead atoms. The summed E-state index contributed by atoms with van der Waals surface area (Å²) in [5, 5.41) is 2.98. The maximum atomic E-state index is 12.1. The number of anilines is 1. The summed E-state index contributed by atoms with van der Waals surface area (Å²) in [7, 11) is 1.60. The zero-order chi connectivity index (χ0) is 18.7. The molecule has 1 saturated heterocycles. The molecule has 1 aliphatic rings. The van der Waals surface area contributed by atoms with Crippen molar-refractivity contribution in [2.45, 2.75) is 45.3 Å². The fraction of sp³-hybridized carbons (Fsp3) is 0.526. The molecule has 2 aromatic heterocycles. The molecule has 26 heavy (non-hydrogen) atoms. The molecule has 140 valence electrons. The van der Waals surface area contributed by atoms with E-state index in [-0.39, 0.29) is 12.1 Å². The summed E-state index contributed by atoms with van der Waals surface area (Å²) >= 11 is 0. The van der Waals surface area contributed by atoms with Crippen molar-refractivity contribution in [2.24, 2.45) is 0 Å². The zero-order valence-corrected chi connectivity index (χ0v) is 15.8. The van der Waals surface area contributed by atoms with Gasteiger partial charge in [0.1, 0.15) is 11.1 Å². The van der Waals surface area contributed by atoms with Crippen LogP contribution in [0.15, 0.2) is 24.4 Å². The second-order valence-corrected chi connectivity index (χ2v) is 7.48. The molecule has 1 fully saturated rings. The van der Waals surface area contributed by atoms with E-state index in [1.165, 1.54) is 0 Å². The first kappa shape index (κ1) is 18.2. The van der Waals surface area contributed by atoms with E-state index >= 15 is 0 Å². The highest BCUT2D eigenvalue weighted by Gasteiger charge is 2.25. The minimum absolute atomic E-state index is 0.0347. The fourth-order valence-electron chi connectivity index (χ4n) is 3.15. The maximum Gasteiger partial charge on any atom is 0.407 e. The van der Waals surface area contributed by atoms with Crippen molar-refractivity contribution in [3.05, 3.63) is 24.4 Å². The monoisotopic (exact) mass is 358 g/mol. The highest BCUT2D eigenvalue weighted by molar-refractivity contribution is 5.88. The topological polar surface area (TPSA) is 76.6 Å². The number of carbonyl (C=O) groups is 1. The minimum Gasteiger partial charge on any atom is -0.481 e. The summed E-state index contributed by atoms with van der Waals surface area (Å²) in [5.74, 6) is 0.562. The van der Waals surface area contributed by atoms with Crippen LogP contribution in [0, 0.1) is 0 Å². The lowest BCUT2D eigenvalue weighted by Gasteiger charge is -2.35. The lowest BCUT2D eigenvalue weighted by Crippen LogP contribution is -2.49. The quantitative estimate of drug-likeness (QED) is 0.908. The number of hydrogen-bond donors (Lipinski definition) is 1. The number of methoxy groups -OCH3 is 1. The molecule has 1 amide bonds. The third-order valence-corrected chi connectivity index (χ3v) is 4.23. The van der Waals surface area contributed by atoms with E-state index in [2.05, 4.69) is 20.2 Å². The molecule has 0 radical (unpaired) electrons. The van der Waals surface area contributed by atoms with Crippen LogP contribution in [0.3, 0.4) is 0 Å². The van der Waals surface area contributed by atoms with E-state index in [0.717, 1.165) is 36.1 Å². The lowest BCUT2D eigenvalue weighted by molar-refractivity contribution is 0.0500. The van der Waals surface area contributed by atoms with E-state index in [9.17, 15) is 4.79 Å². The molecule has 7 heteroatoms. The number of ether oxygens (including phenoxy) is 2. The number of alkyl carbamates (subject to hydrolysis) is 1. The summed E-state index contributed by atoms with van der Waals surface area (Å²) in [5.41, 5.74) is 2.14. The Kier molecular flexibility index (Phi) is 5.15. The number of aromatic nitrogens is 2. The van der Waals surface area contributed by atoms with Gasteiger partial charge in [-0.1, -0.05) is 0 Å². The van der Waals surface area contributed by atoms with Crippen molar-refractivity contribution in [1.29, 1.82) is 0 Å². The van der Waals surface area contributed by atoms with Crippen LogP contribution in [-0.2, 0) is 4.74 Å². The number of hydrogen-bond acceptors (Lipinski definition) is 6. The van der Waals surface area contributed by atoms with Gasteiger partial charge in [-0.2, -0.15) is 0 Å². The molecule has 1 aliphatic heterocycles. The number of pyridine rings is 2. The molecule has 0 spiro atoms. The van der Waals surface area contributed by atoms with Crippen molar-refractivity contribution in [3.63, 3.8) is 0 Å². The molecule has 3 heterocycles. The zero-order valence-electron chi connectivity index (χ0n) is 15.8. The van der Waals surface area contributed by atoms with E-state index < -0.39 is 5.60 Å². The summed E-state index contributed by atoms with van der Waals surface area (Å²) in [6.45, 7) is 7.20. The average Bonchev–Trinajstić information content (AvgIpc) is 2.59. The SMILES string of the molecule is COc1ccc2nccc(N3CCCC(NC(=O)OC(C)(C)C)C3)c2n1. The van der Waals surface area contributed by atoms with E-state index in [4.69, 9.17) is 9.47 Å². The van der Waals surface area contributed by atoms with Gasteiger partial charge in [0, 0.05) is 31.4 Å². The number of carbonyl (C=O) groups excluding carboxylic acids is 1. The summed E-state index contributed by atoms with van der Waals surface area (Å²) in [6, 6.07) is 5.71. The first-order valence-corrected chi connectivity index (χ1v) is 8.90. The Morgan fingerprint density at radius 2 is 2.12 bits per heavy atom. The van der Waals surface area contributed by atoms with E-state index in [1.54, 1.807) is 13.3 Å². The van der Waals surface area contributed by atoms with Crippen molar-refractivity contribution in [3.8, 4) is 5.88 Å². The molecule has 0 aliphatic carbocycles. The Bertz CT molecular complexity index is 788. The van der Waals surface area contributed by atoms with Crippen LogP contribution >= 0.6 is 0 Å². The number of amides is 1. The van der Waals surface area contributed by atoms with Crippen LogP contribution in [0.25, 0.3) is 11.0 Å². The molecule has 3 rings (SSSR count). The molecule has 1 N–H and O–H groups in total. The molecule has 0 saturated carbocycles. The van der Waals surface area contributed by atoms with Crippen LogP contribution in [0.4, 0.5) is 10.5 Å². The molecule has 1 unspecified atom stereocenters. The number of fused-ring (bicyclic) bond motifs is 1. The van der Waals surface area contributed by atoms with Gasteiger partial charge < -0.3 is 19.7 Å². The summed E-state index contributed by atoms with van der Waals surface area (Å²) in [4.78, 5) is 23.3.